The Kier molecular flexibility index (Phi) is 5.93. The normalized spacial score (nSPS) is 18.9. The van der Waals surface area contributed by atoms with Crippen LogP contribution in [0, 0.1) is 16.7 Å². The first kappa shape index (κ1) is 23.5. The summed E-state index contributed by atoms with van der Waals surface area (Å²) in [6, 6.07) is 22.0. The molecular weight excluding hydrogens is 452 g/mol. The minimum absolute atomic E-state index is 0.0262. The van der Waals surface area contributed by atoms with Gasteiger partial charge < -0.3 is 19.9 Å². The highest BCUT2D eigenvalue weighted by molar-refractivity contribution is 6.00. The number of allylic oxidation sites excluding steroid dienone is 3. The number of carbonyl (C=O) groups is 1. The molecule has 2 N–H and O–H groups in total. The van der Waals surface area contributed by atoms with E-state index in [0.717, 1.165) is 21.9 Å². The number of fused-ring (bicyclic) bond motifs is 1. The Balaban J connectivity index is 1.49. The molecule has 0 unspecified atom stereocenters. The van der Waals surface area contributed by atoms with Crippen LogP contribution in [0.3, 0.4) is 0 Å². The van der Waals surface area contributed by atoms with Crippen molar-refractivity contribution in [2.24, 2.45) is 11.1 Å². The fourth-order valence-corrected chi connectivity index (χ4v) is 5.17. The maximum atomic E-state index is 13.2. The third kappa shape index (κ3) is 4.18. The molecule has 182 valence electrons. The lowest BCUT2D eigenvalue weighted by Crippen LogP contribution is -2.33. The van der Waals surface area contributed by atoms with Crippen molar-refractivity contribution < 1.29 is 19.0 Å². The van der Waals surface area contributed by atoms with Gasteiger partial charge in [-0.2, -0.15) is 5.26 Å². The predicted octanol–water partition coefficient (Wildman–Crippen LogP) is 5.88. The van der Waals surface area contributed by atoms with E-state index in [9.17, 15) is 10.1 Å². The quantitative estimate of drug-likeness (QED) is 0.490. The predicted molar refractivity (Wildman–Crippen MR) is 137 cm³/mol. The van der Waals surface area contributed by atoms with Crippen LogP contribution in [0.1, 0.15) is 43.7 Å². The van der Waals surface area contributed by atoms with Gasteiger partial charge >= 0.3 is 0 Å². The van der Waals surface area contributed by atoms with Gasteiger partial charge in [-0.3, -0.25) is 4.79 Å². The molecule has 6 heteroatoms. The minimum atomic E-state index is -0.608. The molecule has 1 aliphatic carbocycles. The molecule has 1 aliphatic heterocycles. The zero-order valence-electron chi connectivity index (χ0n) is 20.6. The van der Waals surface area contributed by atoms with Crippen molar-refractivity contribution in [2.75, 3.05) is 7.11 Å². The van der Waals surface area contributed by atoms with Crippen LogP contribution in [-0.4, -0.2) is 12.9 Å². The first-order valence-electron chi connectivity index (χ1n) is 11.9. The molecule has 3 aromatic rings. The first-order chi connectivity index (χ1) is 17.3. The van der Waals surface area contributed by atoms with E-state index in [4.69, 9.17) is 19.9 Å². The van der Waals surface area contributed by atoms with E-state index < -0.39 is 5.92 Å². The minimum Gasteiger partial charge on any atom is -0.493 e. The molecule has 6 nitrogen and oxygen atoms in total. The lowest BCUT2D eigenvalue weighted by molar-refractivity contribution is -0.119. The average Bonchev–Trinajstić information content (AvgIpc) is 2.85. The molecule has 36 heavy (non-hydrogen) atoms. The summed E-state index contributed by atoms with van der Waals surface area (Å²) in [5.41, 5.74) is 8.45. The first-order valence-corrected chi connectivity index (χ1v) is 11.9. The maximum Gasteiger partial charge on any atom is 0.205 e. The number of benzene rings is 3. The highest BCUT2D eigenvalue weighted by Gasteiger charge is 2.43. The maximum absolute atomic E-state index is 13.2. The van der Waals surface area contributed by atoms with Crippen LogP contribution in [-0.2, 0) is 16.1 Å². The number of methoxy groups -OCH3 is 1. The third-order valence-corrected chi connectivity index (χ3v) is 6.86. The van der Waals surface area contributed by atoms with Gasteiger partial charge in [-0.05, 0) is 39.4 Å². The zero-order valence-corrected chi connectivity index (χ0v) is 20.6. The van der Waals surface area contributed by atoms with Gasteiger partial charge in [-0.1, -0.05) is 62.4 Å². The summed E-state index contributed by atoms with van der Waals surface area (Å²) in [4.78, 5) is 13.2. The van der Waals surface area contributed by atoms with Crippen LogP contribution >= 0.6 is 0 Å². The van der Waals surface area contributed by atoms with Gasteiger partial charge in [0.15, 0.2) is 17.3 Å². The van der Waals surface area contributed by atoms with Crippen LogP contribution in [0.2, 0.25) is 0 Å². The summed E-state index contributed by atoms with van der Waals surface area (Å²) >= 11 is 0. The number of nitrogens with two attached hydrogens (primary N) is 1. The SMILES string of the molecule is COc1cc([C@@H]2C(C#N)=C(N)OC3=C2C(=O)CC(C)(C)C3)ccc1OCc1cccc2ccccc12. The molecule has 3 aromatic carbocycles. The molecule has 0 saturated heterocycles. The van der Waals surface area contributed by atoms with Gasteiger partial charge in [0, 0.05) is 18.4 Å². The van der Waals surface area contributed by atoms with Crippen molar-refractivity contribution in [1.29, 1.82) is 5.26 Å². The molecule has 0 amide bonds. The molecule has 1 heterocycles. The van der Waals surface area contributed by atoms with E-state index in [0.29, 0.717) is 42.3 Å². The van der Waals surface area contributed by atoms with Crippen LogP contribution in [0.4, 0.5) is 0 Å². The van der Waals surface area contributed by atoms with Crippen LogP contribution in [0.25, 0.3) is 10.8 Å². The van der Waals surface area contributed by atoms with Crippen LogP contribution < -0.4 is 15.2 Å². The summed E-state index contributed by atoms with van der Waals surface area (Å²) in [6.07, 6.45) is 0.959. The number of nitriles is 1. The molecule has 5 rings (SSSR count). The van der Waals surface area contributed by atoms with E-state index in [-0.39, 0.29) is 22.7 Å². The molecule has 1 atom stereocenters. The largest absolute Gasteiger partial charge is 0.493 e. The van der Waals surface area contributed by atoms with Crippen LogP contribution in [0.5, 0.6) is 11.5 Å². The number of hydrogen-bond acceptors (Lipinski definition) is 6. The Morgan fingerprint density at radius 3 is 2.64 bits per heavy atom. The standard InChI is InChI=1S/C30H28N2O4/c1-30(2)14-23(33)28-26(15-30)36-29(32)22(16-31)27(28)19-11-12-24(25(13-19)34-3)35-17-20-9-6-8-18-7-4-5-10-21(18)20/h4-13,27H,14-15,17,32H2,1-3H3/t27-/m1/s1. The summed E-state index contributed by atoms with van der Waals surface area (Å²) in [6.45, 7) is 4.42. The fraction of sp³-hybridized carbons (Fsp3) is 0.267. The molecule has 0 aromatic heterocycles. The molecule has 0 spiro atoms. The molecule has 0 bridgehead atoms. The summed E-state index contributed by atoms with van der Waals surface area (Å²) in [5.74, 6) is 1.04. The molecular formula is C30H28N2O4. The second-order valence-electron chi connectivity index (χ2n) is 10.0. The monoisotopic (exact) mass is 480 g/mol. The van der Waals surface area contributed by atoms with E-state index in [1.54, 1.807) is 7.11 Å². The van der Waals surface area contributed by atoms with E-state index in [1.165, 1.54) is 0 Å². The topological polar surface area (TPSA) is 94.6 Å². The van der Waals surface area contributed by atoms with E-state index in [1.807, 2.05) is 56.3 Å². The Labute approximate surface area is 210 Å². The van der Waals surface area contributed by atoms with Gasteiger partial charge in [0.2, 0.25) is 5.88 Å². The smallest absolute Gasteiger partial charge is 0.205 e. The van der Waals surface area contributed by atoms with E-state index >= 15 is 0 Å². The number of Topliss-reactive ketones (excluding diaryl/α,β-unsaturated/α-hetero) is 1. The van der Waals surface area contributed by atoms with Crippen molar-refractivity contribution in [3.63, 3.8) is 0 Å². The van der Waals surface area contributed by atoms with Gasteiger partial charge in [0.1, 0.15) is 24.0 Å². The summed E-state index contributed by atoms with van der Waals surface area (Å²) in [7, 11) is 1.57. The molecule has 0 saturated carbocycles. The fourth-order valence-electron chi connectivity index (χ4n) is 5.17. The molecule has 2 aliphatic rings. The number of hydrogen-bond donors (Lipinski definition) is 1. The lowest BCUT2D eigenvalue weighted by Gasteiger charge is -2.37. The highest BCUT2D eigenvalue weighted by atomic mass is 16.5. The van der Waals surface area contributed by atoms with Crippen molar-refractivity contribution in [3.05, 3.63) is 94.6 Å². The zero-order chi connectivity index (χ0) is 25.4. The average molecular weight is 481 g/mol. The van der Waals surface area contributed by atoms with Gasteiger partial charge in [0.25, 0.3) is 0 Å². The second-order valence-corrected chi connectivity index (χ2v) is 10.0. The molecule has 0 radical (unpaired) electrons. The van der Waals surface area contributed by atoms with E-state index in [2.05, 4.69) is 24.3 Å². The number of nitrogens with zero attached hydrogens (tertiary/aromatic N) is 1. The van der Waals surface area contributed by atoms with Crippen molar-refractivity contribution in [3.8, 4) is 17.6 Å². The van der Waals surface area contributed by atoms with Gasteiger partial charge in [0.05, 0.1) is 13.0 Å². The number of ether oxygens (including phenoxy) is 3. The number of ketones is 1. The summed E-state index contributed by atoms with van der Waals surface area (Å²) < 4.78 is 17.6. The second kappa shape index (κ2) is 9.09. The Hall–Kier alpha value is -4.24. The van der Waals surface area contributed by atoms with Crippen molar-refractivity contribution >= 4 is 16.6 Å². The number of carbonyl (C=O) groups excluding carboxylic acids is 1. The van der Waals surface area contributed by atoms with Gasteiger partial charge in [-0.15, -0.1) is 0 Å². The summed E-state index contributed by atoms with van der Waals surface area (Å²) in [5, 5.41) is 12.2. The van der Waals surface area contributed by atoms with Crippen molar-refractivity contribution in [1.82, 2.24) is 0 Å². The highest BCUT2D eigenvalue weighted by Crippen LogP contribution is 2.48. The van der Waals surface area contributed by atoms with Crippen LogP contribution in [0.15, 0.2) is 83.5 Å². The third-order valence-electron chi connectivity index (χ3n) is 6.86. The Morgan fingerprint density at radius 2 is 1.86 bits per heavy atom. The Bertz CT molecular complexity index is 1470. The molecule has 0 fully saturated rings. The number of rotatable bonds is 5. The van der Waals surface area contributed by atoms with Gasteiger partial charge in [-0.25, -0.2) is 0 Å². The Morgan fingerprint density at radius 1 is 1.08 bits per heavy atom. The van der Waals surface area contributed by atoms with Crippen molar-refractivity contribution in [2.45, 2.75) is 39.2 Å². The lowest BCUT2D eigenvalue weighted by atomic mass is 9.70.